The lowest BCUT2D eigenvalue weighted by atomic mass is 9.78. The van der Waals surface area contributed by atoms with E-state index in [4.69, 9.17) is 5.73 Å². The molecule has 0 spiro atoms. The van der Waals surface area contributed by atoms with E-state index < -0.39 is 18.6 Å². The third kappa shape index (κ3) is 4.48. The molecule has 0 aliphatic heterocycles. The van der Waals surface area contributed by atoms with Gasteiger partial charge in [-0.2, -0.15) is 13.2 Å². The molecule has 6 heteroatoms. The smallest absolute Gasteiger partial charge is 0.353 e. The van der Waals surface area contributed by atoms with Crippen molar-refractivity contribution in [2.75, 3.05) is 0 Å². The summed E-state index contributed by atoms with van der Waals surface area (Å²) in [4.78, 5) is 11.9. The molecule has 1 amide bonds. The Morgan fingerprint density at radius 1 is 1.44 bits per heavy atom. The average Bonchev–Trinajstić information content (AvgIpc) is 2.18. The number of nitrogens with one attached hydrogen (secondary N) is 1. The van der Waals surface area contributed by atoms with Gasteiger partial charge in [-0.15, -0.1) is 0 Å². The fourth-order valence-corrected chi connectivity index (χ4v) is 2.50. The first-order valence-corrected chi connectivity index (χ1v) is 6.33. The predicted octanol–water partition coefficient (Wildman–Crippen LogP) is 2.21. The molecule has 4 unspecified atom stereocenters. The lowest BCUT2D eigenvalue weighted by molar-refractivity contribution is -0.142. The molecular weight excluding hydrogens is 245 g/mol. The van der Waals surface area contributed by atoms with Gasteiger partial charge in [0.1, 0.15) is 0 Å². The number of nitrogens with two attached hydrogens (primary N) is 1. The van der Waals surface area contributed by atoms with E-state index in [1.54, 1.807) is 0 Å². The molecule has 18 heavy (non-hydrogen) atoms. The van der Waals surface area contributed by atoms with Crippen molar-refractivity contribution in [2.24, 2.45) is 17.6 Å². The average molecular weight is 266 g/mol. The molecule has 0 radical (unpaired) electrons. The third-order valence-corrected chi connectivity index (χ3v) is 3.56. The van der Waals surface area contributed by atoms with Crippen molar-refractivity contribution in [2.45, 2.75) is 57.8 Å². The maximum absolute atomic E-state index is 12.2. The number of carbonyl (C=O) groups is 1. The fraction of sp³-hybridized carbons (Fsp3) is 0.917. The molecular formula is C12H21F3N2O. The molecule has 3 nitrogen and oxygen atoms in total. The molecule has 106 valence electrons. The molecule has 1 aliphatic rings. The first-order valence-electron chi connectivity index (χ1n) is 6.33. The zero-order valence-electron chi connectivity index (χ0n) is 10.8. The molecule has 0 saturated heterocycles. The highest BCUT2D eigenvalue weighted by Gasteiger charge is 2.35. The second-order valence-electron chi connectivity index (χ2n) is 5.32. The number of halogens is 3. The molecule has 1 rings (SSSR count). The van der Waals surface area contributed by atoms with E-state index in [1.807, 2.05) is 6.92 Å². The van der Waals surface area contributed by atoms with E-state index >= 15 is 0 Å². The Balaban J connectivity index is 2.49. The third-order valence-electron chi connectivity index (χ3n) is 3.56. The van der Waals surface area contributed by atoms with E-state index in [-0.39, 0.29) is 23.8 Å². The lowest BCUT2D eigenvalue weighted by Crippen LogP contribution is -2.49. The molecule has 0 aromatic heterocycles. The normalized spacial score (nSPS) is 30.9. The predicted molar refractivity (Wildman–Crippen MR) is 62.8 cm³/mol. The summed E-state index contributed by atoms with van der Waals surface area (Å²) in [6, 6.07) is -1.15. The summed E-state index contributed by atoms with van der Waals surface area (Å²) in [6.07, 6.45) is -2.72. The summed E-state index contributed by atoms with van der Waals surface area (Å²) in [7, 11) is 0. The van der Waals surface area contributed by atoms with Crippen molar-refractivity contribution in [1.29, 1.82) is 0 Å². The van der Waals surface area contributed by atoms with Gasteiger partial charge in [0.05, 0.1) is 12.3 Å². The molecule has 0 bridgehead atoms. The van der Waals surface area contributed by atoms with Crippen LogP contribution in [-0.4, -0.2) is 24.2 Å². The molecule has 4 atom stereocenters. The number of hydrogen-bond acceptors (Lipinski definition) is 2. The van der Waals surface area contributed by atoms with Crippen LogP contribution < -0.4 is 11.1 Å². The summed E-state index contributed by atoms with van der Waals surface area (Å²) >= 11 is 0. The van der Waals surface area contributed by atoms with Gasteiger partial charge in [0.15, 0.2) is 0 Å². The Kier molecular flexibility index (Phi) is 5.01. The fourth-order valence-electron chi connectivity index (χ4n) is 2.50. The summed E-state index contributed by atoms with van der Waals surface area (Å²) in [5, 5.41) is 2.42. The lowest BCUT2D eigenvalue weighted by Gasteiger charge is -2.33. The summed E-state index contributed by atoms with van der Waals surface area (Å²) in [5.74, 6) is -0.456. The molecule has 0 aromatic rings. The number of carbonyl (C=O) groups excluding carboxylic acids is 1. The zero-order chi connectivity index (χ0) is 13.9. The van der Waals surface area contributed by atoms with Crippen LogP contribution in [0.2, 0.25) is 0 Å². The van der Waals surface area contributed by atoms with Gasteiger partial charge < -0.3 is 11.1 Å². The van der Waals surface area contributed by atoms with Gasteiger partial charge in [-0.05, 0) is 25.7 Å². The standard InChI is InChI=1S/C12H21F3N2O/c1-7-4-3-5-9(10(7)16)11(18)17-8(2)6-12(13,14)15/h7-10H,3-6,16H2,1-2H3,(H,17,18). The van der Waals surface area contributed by atoms with Gasteiger partial charge in [0.2, 0.25) is 5.91 Å². The van der Waals surface area contributed by atoms with E-state index in [2.05, 4.69) is 5.32 Å². The Morgan fingerprint density at radius 3 is 2.61 bits per heavy atom. The largest absolute Gasteiger partial charge is 0.391 e. The monoisotopic (exact) mass is 266 g/mol. The van der Waals surface area contributed by atoms with Gasteiger partial charge in [0.25, 0.3) is 0 Å². The number of hydrogen-bond donors (Lipinski definition) is 2. The van der Waals surface area contributed by atoms with E-state index in [0.717, 1.165) is 12.8 Å². The zero-order valence-corrected chi connectivity index (χ0v) is 10.8. The Bertz CT molecular complexity index is 294. The van der Waals surface area contributed by atoms with Gasteiger partial charge in [-0.3, -0.25) is 4.79 Å². The first kappa shape index (κ1) is 15.3. The molecule has 1 fully saturated rings. The second kappa shape index (κ2) is 5.91. The SMILES string of the molecule is CC(CC(F)(F)F)NC(=O)C1CCCC(C)C1N. The number of amides is 1. The van der Waals surface area contributed by atoms with Gasteiger partial charge in [-0.25, -0.2) is 0 Å². The topological polar surface area (TPSA) is 55.1 Å². The van der Waals surface area contributed by atoms with Crippen LogP contribution in [0.15, 0.2) is 0 Å². The quantitative estimate of drug-likeness (QED) is 0.823. The van der Waals surface area contributed by atoms with Crippen molar-refractivity contribution < 1.29 is 18.0 Å². The molecule has 1 aliphatic carbocycles. The molecule has 1 saturated carbocycles. The minimum Gasteiger partial charge on any atom is -0.353 e. The van der Waals surface area contributed by atoms with Crippen LogP contribution in [0.4, 0.5) is 13.2 Å². The maximum Gasteiger partial charge on any atom is 0.391 e. The summed E-state index contributed by atoms with van der Waals surface area (Å²) < 4.78 is 36.5. The number of rotatable bonds is 3. The van der Waals surface area contributed by atoms with E-state index in [9.17, 15) is 18.0 Å². The summed E-state index contributed by atoms with van der Waals surface area (Å²) in [6.45, 7) is 3.34. The van der Waals surface area contributed by atoms with Crippen LogP contribution in [0, 0.1) is 11.8 Å². The second-order valence-corrected chi connectivity index (χ2v) is 5.32. The van der Waals surface area contributed by atoms with Gasteiger partial charge >= 0.3 is 6.18 Å². The Hall–Kier alpha value is -0.780. The van der Waals surface area contributed by atoms with Gasteiger partial charge in [0, 0.05) is 12.1 Å². The first-order chi connectivity index (χ1) is 8.20. The van der Waals surface area contributed by atoms with Gasteiger partial charge in [-0.1, -0.05) is 13.3 Å². The van der Waals surface area contributed by atoms with Crippen LogP contribution in [0.1, 0.15) is 39.5 Å². The van der Waals surface area contributed by atoms with Crippen molar-refractivity contribution >= 4 is 5.91 Å². The molecule has 0 aromatic carbocycles. The summed E-state index contributed by atoms with van der Waals surface area (Å²) in [5.41, 5.74) is 5.94. The highest BCUT2D eigenvalue weighted by Crippen LogP contribution is 2.28. The molecule has 3 N–H and O–H groups in total. The number of alkyl halides is 3. The van der Waals surface area contributed by atoms with Crippen molar-refractivity contribution in [3.8, 4) is 0 Å². The van der Waals surface area contributed by atoms with Crippen molar-refractivity contribution in [1.82, 2.24) is 5.32 Å². The van der Waals surface area contributed by atoms with E-state index in [0.29, 0.717) is 6.42 Å². The molecule has 0 heterocycles. The highest BCUT2D eigenvalue weighted by atomic mass is 19.4. The minimum atomic E-state index is -4.26. The minimum absolute atomic E-state index is 0.243. The van der Waals surface area contributed by atoms with Crippen LogP contribution >= 0.6 is 0 Å². The Morgan fingerprint density at radius 2 is 2.06 bits per heavy atom. The van der Waals surface area contributed by atoms with Crippen LogP contribution in [0.5, 0.6) is 0 Å². The highest BCUT2D eigenvalue weighted by molar-refractivity contribution is 5.79. The van der Waals surface area contributed by atoms with Crippen LogP contribution in [0.25, 0.3) is 0 Å². The van der Waals surface area contributed by atoms with Crippen molar-refractivity contribution in [3.05, 3.63) is 0 Å². The Labute approximate surface area is 105 Å². The van der Waals surface area contributed by atoms with Crippen molar-refractivity contribution in [3.63, 3.8) is 0 Å². The van der Waals surface area contributed by atoms with E-state index in [1.165, 1.54) is 6.92 Å². The van der Waals surface area contributed by atoms with Crippen LogP contribution in [-0.2, 0) is 4.79 Å². The maximum atomic E-state index is 12.2. The van der Waals surface area contributed by atoms with Crippen LogP contribution in [0.3, 0.4) is 0 Å².